The highest BCUT2D eigenvalue weighted by Gasteiger charge is 2.34. The van der Waals surface area contributed by atoms with Crippen LogP contribution in [0.3, 0.4) is 0 Å². The molecule has 1 saturated carbocycles. The molecule has 216 valence electrons. The van der Waals surface area contributed by atoms with Gasteiger partial charge >= 0.3 is 0 Å². The SMILES string of the molecule is C/N=c1\[nH]c2cc(N3CC(CSC)C3)ccc2n1C(CCCOc1c(-c2cc(C=O)cc(C)n2)cnn1C)C1CC1. The smallest absolute Gasteiger partial charge is 0.221 e. The summed E-state index contributed by atoms with van der Waals surface area (Å²) in [5, 5.41) is 4.41. The van der Waals surface area contributed by atoms with Gasteiger partial charge in [0, 0.05) is 56.1 Å². The number of ether oxygens (including phenoxy) is 1. The summed E-state index contributed by atoms with van der Waals surface area (Å²) in [6, 6.07) is 10.8. The van der Waals surface area contributed by atoms with Gasteiger partial charge in [0.05, 0.1) is 35.1 Å². The molecule has 4 heterocycles. The molecule has 3 aromatic heterocycles. The number of H-pyrrole nitrogens is 1. The molecule has 1 aromatic carbocycles. The van der Waals surface area contributed by atoms with Crippen molar-refractivity contribution in [3.05, 3.63) is 53.4 Å². The first-order valence-electron chi connectivity index (χ1n) is 14.5. The minimum Gasteiger partial charge on any atom is -0.477 e. The number of aryl methyl sites for hydroxylation is 2. The highest BCUT2D eigenvalue weighted by molar-refractivity contribution is 7.98. The molecular formula is C31H39N7O2S. The first-order chi connectivity index (χ1) is 20.0. The van der Waals surface area contributed by atoms with E-state index in [0.29, 0.717) is 35.7 Å². The van der Waals surface area contributed by atoms with E-state index in [2.05, 4.69) is 54.0 Å². The van der Waals surface area contributed by atoms with Gasteiger partial charge in [-0.1, -0.05) is 0 Å². The number of nitrogens with one attached hydrogen (secondary N) is 1. The first kappa shape index (κ1) is 27.6. The zero-order valence-electron chi connectivity index (χ0n) is 24.3. The Morgan fingerprint density at radius 3 is 2.80 bits per heavy atom. The van der Waals surface area contributed by atoms with Crippen LogP contribution in [0.4, 0.5) is 5.69 Å². The molecule has 0 spiro atoms. The minimum atomic E-state index is 0.367. The van der Waals surface area contributed by atoms with Crippen LogP contribution in [0.2, 0.25) is 0 Å². The summed E-state index contributed by atoms with van der Waals surface area (Å²) in [6.07, 6.45) is 9.20. The van der Waals surface area contributed by atoms with Crippen LogP contribution in [0.1, 0.15) is 47.8 Å². The molecule has 0 bridgehead atoms. The summed E-state index contributed by atoms with van der Waals surface area (Å²) in [4.78, 5) is 26.7. The maximum absolute atomic E-state index is 11.4. The van der Waals surface area contributed by atoms with Gasteiger partial charge in [-0.2, -0.15) is 16.9 Å². The largest absolute Gasteiger partial charge is 0.477 e. The fourth-order valence-corrected chi connectivity index (χ4v) is 6.82. The van der Waals surface area contributed by atoms with E-state index in [4.69, 9.17) is 4.74 Å². The number of imidazole rings is 1. The average Bonchev–Trinajstić information content (AvgIpc) is 3.63. The lowest BCUT2D eigenvalue weighted by molar-refractivity contribution is 0.112. The van der Waals surface area contributed by atoms with Gasteiger partial charge in [0.2, 0.25) is 11.5 Å². The molecule has 2 aliphatic rings. The van der Waals surface area contributed by atoms with Crippen molar-refractivity contribution in [2.45, 2.75) is 38.6 Å². The third kappa shape index (κ3) is 5.66. The molecule has 41 heavy (non-hydrogen) atoms. The number of aldehydes is 1. The Morgan fingerprint density at radius 2 is 2.07 bits per heavy atom. The molecule has 1 atom stereocenters. The molecule has 10 heteroatoms. The zero-order valence-corrected chi connectivity index (χ0v) is 25.2. The van der Waals surface area contributed by atoms with Crippen LogP contribution >= 0.6 is 11.8 Å². The van der Waals surface area contributed by atoms with Crippen molar-refractivity contribution in [2.75, 3.05) is 43.7 Å². The second-order valence-electron chi connectivity index (χ2n) is 11.4. The number of rotatable bonds is 12. The van der Waals surface area contributed by atoms with Gasteiger partial charge in [-0.3, -0.25) is 14.8 Å². The summed E-state index contributed by atoms with van der Waals surface area (Å²) in [7, 11) is 3.74. The second-order valence-corrected chi connectivity index (χ2v) is 12.3. The Hall–Kier alpha value is -3.53. The molecule has 1 saturated heterocycles. The molecule has 9 nitrogen and oxygen atoms in total. The van der Waals surface area contributed by atoms with Crippen LogP contribution in [0.15, 0.2) is 41.5 Å². The van der Waals surface area contributed by atoms with Gasteiger partial charge in [-0.15, -0.1) is 0 Å². The molecule has 1 unspecified atom stereocenters. The van der Waals surface area contributed by atoms with E-state index in [-0.39, 0.29) is 0 Å². The average molecular weight is 574 g/mol. The number of pyridine rings is 1. The van der Waals surface area contributed by atoms with E-state index in [1.807, 2.05) is 32.8 Å². The van der Waals surface area contributed by atoms with Gasteiger partial charge in [0.25, 0.3) is 0 Å². The standard InChI is InChI=1S/C31H39N7O2S/c1-20-12-21(18-39)13-26(34-20)25-15-33-36(3)30(25)40-11-5-6-28(23-7-8-23)38-29-10-9-24(14-27(29)35-31(38)32-2)37-16-22(17-37)19-41-4/h9-10,12-15,18,22-23,28H,5-8,11,16-17,19H2,1-4H3,(H,32,35). The van der Waals surface area contributed by atoms with Gasteiger partial charge < -0.3 is 19.2 Å². The maximum Gasteiger partial charge on any atom is 0.221 e. The van der Waals surface area contributed by atoms with E-state index < -0.39 is 0 Å². The number of aromatic amines is 1. The monoisotopic (exact) mass is 573 g/mol. The van der Waals surface area contributed by atoms with E-state index in [0.717, 1.165) is 60.5 Å². The van der Waals surface area contributed by atoms with Crippen LogP contribution in [0.25, 0.3) is 22.3 Å². The predicted molar refractivity (Wildman–Crippen MR) is 165 cm³/mol. The molecule has 0 amide bonds. The van der Waals surface area contributed by atoms with Gasteiger partial charge in [0.15, 0.2) is 0 Å². The third-order valence-corrected chi connectivity index (χ3v) is 9.11. The lowest BCUT2D eigenvalue weighted by atomic mass is 10.0. The summed E-state index contributed by atoms with van der Waals surface area (Å²) in [6.45, 7) is 4.73. The fourth-order valence-electron chi connectivity index (χ4n) is 6.14. The lowest BCUT2D eigenvalue weighted by Gasteiger charge is -2.41. The van der Waals surface area contributed by atoms with E-state index in [9.17, 15) is 4.79 Å². The predicted octanol–water partition coefficient (Wildman–Crippen LogP) is 5.03. The number of carbonyl (C=O) groups is 1. The van der Waals surface area contributed by atoms with Crippen LogP contribution in [0.5, 0.6) is 5.88 Å². The lowest BCUT2D eigenvalue weighted by Crippen LogP contribution is -2.47. The van der Waals surface area contributed by atoms with Crippen molar-refractivity contribution in [3.8, 4) is 17.1 Å². The van der Waals surface area contributed by atoms with Gasteiger partial charge in [-0.05, 0) is 80.9 Å². The van der Waals surface area contributed by atoms with E-state index in [1.54, 1.807) is 23.0 Å². The van der Waals surface area contributed by atoms with Gasteiger partial charge in [0.1, 0.15) is 6.29 Å². The molecular weight excluding hydrogens is 534 g/mol. The van der Waals surface area contributed by atoms with Crippen LogP contribution in [-0.2, 0) is 7.05 Å². The van der Waals surface area contributed by atoms with Crippen molar-refractivity contribution >= 4 is 34.8 Å². The van der Waals surface area contributed by atoms with Crippen molar-refractivity contribution in [1.82, 2.24) is 24.3 Å². The Bertz CT molecular complexity index is 1610. The topological polar surface area (TPSA) is 93.3 Å². The quantitative estimate of drug-likeness (QED) is 0.189. The number of nitrogens with zero attached hydrogens (tertiary/aromatic N) is 6. The number of fused-ring (bicyclic) bond motifs is 1. The van der Waals surface area contributed by atoms with Crippen molar-refractivity contribution in [3.63, 3.8) is 0 Å². The maximum atomic E-state index is 11.4. The van der Waals surface area contributed by atoms with E-state index >= 15 is 0 Å². The molecule has 1 aliphatic heterocycles. The highest BCUT2D eigenvalue weighted by Crippen LogP contribution is 2.43. The summed E-state index contributed by atoms with van der Waals surface area (Å²) >= 11 is 1.94. The Morgan fingerprint density at radius 1 is 1.24 bits per heavy atom. The number of hydrogen-bond acceptors (Lipinski definition) is 7. The molecule has 1 aliphatic carbocycles. The zero-order chi connectivity index (χ0) is 28.5. The van der Waals surface area contributed by atoms with E-state index in [1.165, 1.54) is 29.8 Å². The number of thioether (sulfide) groups is 1. The Labute approximate surface area is 245 Å². The third-order valence-electron chi connectivity index (χ3n) is 8.30. The summed E-state index contributed by atoms with van der Waals surface area (Å²) in [5.41, 5.74) is 7.48. The second kappa shape index (κ2) is 11.8. The molecule has 1 N–H and O–H groups in total. The van der Waals surface area contributed by atoms with Crippen LogP contribution in [-0.4, -0.2) is 69.4 Å². The Kier molecular flexibility index (Phi) is 7.92. The number of carbonyl (C=O) groups excluding carboxylic acids is 1. The van der Waals surface area contributed by atoms with Crippen LogP contribution in [0, 0.1) is 18.8 Å². The van der Waals surface area contributed by atoms with Crippen LogP contribution < -0.4 is 15.3 Å². The molecule has 4 aromatic rings. The summed E-state index contributed by atoms with van der Waals surface area (Å²) in [5.74, 6) is 3.36. The molecule has 6 rings (SSSR count). The van der Waals surface area contributed by atoms with Crippen molar-refractivity contribution < 1.29 is 9.53 Å². The first-order valence-corrected chi connectivity index (χ1v) is 15.9. The number of anilines is 1. The highest BCUT2D eigenvalue weighted by atomic mass is 32.2. The normalized spacial score (nSPS) is 16.8. The number of aromatic nitrogens is 5. The molecule has 0 radical (unpaired) electrons. The van der Waals surface area contributed by atoms with Crippen molar-refractivity contribution in [2.24, 2.45) is 23.9 Å². The number of hydrogen-bond donors (Lipinski definition) is 1. The van der Waals surface area contributed by atoms with Crippen molar-refractivity contribution in [1.29, 1.82) is 0 Å². The summed E-state index contributed by atoms with van der Waals surface area (Å²) < 4.78 is 10.5. The Balaban J connectivity index is 1.17. The molecule has 2 fully saturated rings. The number of benzene rings is 1. The minimum absolute atomic E-state index is 0.367. The van der Waals surface area contributed by atoms with Gasteiger partial charge in [-0.25, -0.2) is 4.68 Å². The fraction of sp³-hybridized carbons (Fsp3) is 0.484.